The highest BCUT2D eigenvalue weighted by atomic mass is 16.3. The van der Waals surface area contributed by atoms with Crippen LogP contribution >= 0.6 is 0 Å². The van der Waals surface area contributed by atoms with Crippen LogP contribution in [0.2, 0.25) is 0 Å². The fourth-order valence-corrected chi connectivity index (χ4v) is 1.33. The zero-order valence-corrected chi connectivity index (χ0v) is 8.26. The second-order valence-corrected chi connectivity index (χ2v) is 2.92. The average molecular weight is 200 g/mol. The molecule has 0 fully saturated rings. The summed E-state index contributed by atoms with van der Waals surface area (Å²) in [5, 5.41) is 9.44. The van der Waals surface area contributed by atoms with Crippen molar-refractivity contribution in [3.05, 3.63) is 54.6 Å². The van der Waals surface area contributed by atoms with Crippen LogP contribution in [0.4, 0.5) is 0 Å². The largest absolute Gasteiger partial charge is 0.483 e. The van der Waals surface area contributed by atoms with E-state index < -0.39 is 0 Å². The first-order chi connectivity index (χ1) is 7.31. The molecule has 0 amide bonds. The van der Waals surface area contributed by atoms with E-state index in [0.717, 1.165) is 0 Å². The summed E-state index contributed by atoms with van der Waals surface area (Å²) in [6.45, 7) is 3.49. The predicted molar refractivity (Wildman–Crippen MR) is 62.7 cm³/mol. The highest BCUT2D eigenvalue weighted by Gasteiger charge is 1.90. The van der Waals surface area contributed by atoms with E-state index in [1.165, 1.54) is 16.3 Å². The average Bonchev–Trinajstić information content (AvgIpc) is 2.29. The quantitative estimate of drug-likeness (QED) is 0.718. The second-order valence-electron chi connectivity index (χ2n) is 2.92. The molecular formula is C13H12O2. The number of hydrogen-bond donors (Lipinski definition) is 1. The molecule has 15 heavy (non-hydrogen) atoms. The van der Waals surface area contributed by atoms with Crippen LogP contribution in [-0.4, -0.2) is 11.6 Å². The number of hydrogen-bond acceptors (Lipinski definition) is 1. The van der Waals surface area contributed by atoms with Gasteiger partial charge in [-0.05, 0) is 22.4 Å². The monoisotopic (exact) mass is 200 g/mol. The third kappa shape index (κ3) is 2.95. The Bertz CT molecular complexity index is 461. The van der Waals surface area contributed by atoms with Gasteiger partial charge in [0.15, 0.2) is 0 Å². The van der Waals surface area contributed by atoms with Crippen LogP contribution in [-0.2, 0) is 4.79 Å². The molecule has 0 atom stereocenters. The first-order valence-corrected chi connectivity index (χ1v) is 4.51. The van der Waals surface area contributed by atoms with Gasteiger partial charge in [0, 0.05) is 0 Å². The lowest BCUT2D eigenvalue weighted by Gasteiger charge is -1.97. The van der Waals surface area contributed by atoms with E-state index in [1.807, 2.05) is 6.08 Å². The molecule has 0 aromatic heterocycles. The van der Waals surface area contributed by atoms with E-state index in [4.69, 9.17) is 9.90 Å². The molecule has 0 aliphatic heterocycles. The van der Waals surface area contributed by atoms with E-state index in [1.54, 1.807) is 0 Å². The van der Waals surface area contributed by atoms with Crippen molar-refractivity contribution in [2.45, 2.75) is 0 Å². The van der Waals surface area contributed by atoms with Crippen molar-refractivity contribution in [2.75, 3.05) is 0 Å². The molecule has 2 aromatic rings. The van der Waals surface area contributed by atoms with E-state index in [0.29, 0.717) is 0 Å². The van der Waals surface area contributed by atoms with Crippen LogP contribution < -0.4 is 0 Å². The Hall–Kier alpha value is -2.09. The highest BCUT2D eigenvalue weighted by Crippen LogP contribution is 2.15. The lowest BCUT2D eigenvalue weighted by molar-refractivity contribution is -0.122. The fourth-order valence-electron chi connectivity index (χ4n) is 1.33. The Morgan fingerprint density at radius 1 is 1.07 bits per heavy atom. The third-order valence-electron chi connectivity index (χ3n) is 2.01. The summed E-state index contributed by atoms with van der Waals surface area (Å²) in [6.07, 6.45) is 1.87. The van der Waals surface area contributed by atoms with Crippen LogP contribution in [0.5, 0.6) is 0 Å². The third-order valence-corrected chi connectivity index (χ3v) is 2.01. The Balaban J connectivity index is 0.000000337. The maximum Gasteiger partial charge on any atom is 0.290 e. The summed E-state index contributed by atoms with van der Waals surface area (Å²) in [5.41, 5.74) is 1.17. The molecule has 2 heteroatoms. The molecular weight excluding hydrogens is 188 g/mol. The van der Waals surface area contributed by atoms with Crippen LogP contribution in [0.25, 0.3) is 16.8 Å². The summed E-state index contributed by atoms with van der Waals surface area (Å²) < 4.78 is 0. The second kappa shape index (κ2) is 5.60. The molecule has 2 rings (SSSR count). The minimum Gasteiger partial charge on any atom is -0.483 e. The minimum absolute atomic E-state index is 0.250. The molecule has 0 heterocycles. The summed E-state index contributed by atoms with van der Waals surface area (Å²) in [7, 11) is 0. The fraction of sp³-hybridized carbons (Fsp3) is 0. The molecule has 0 aliphatic carbocycles. The zero-order chi connectivity index (χ0) is 11.1. The van der Waals surface area contributed by atoms with Gasteiger partial charge >= 0.3 is 0 Å². The molecule has 1 N–H and O–H groups in total. The first kappa shape index (κ1) is 11.0. The normalized spacial score (nSPS) is 8.80. The summed E-state index contributed by atoms with van der Waals surface area (Å²) in [6, 6.07) is 14.7. The van der Waals surface area contributed by atoms with Crippen molar-refractivity contribution in [2.24, 2.45) is 0 Å². The summed E-state index contributed by atoms with van der Waals surface area (Å²) in [4.78, 5) is 8.36. The highest BCUT2D eigenvalue weighted by molar-refractivity contribution is 5.84. The van der Waals surface area contributed by atoms with E-state index in [2.05, 4.69) is 49.0 Å². The van der Waals surface area contributed by atoms with Crippen LogP contribution in [0.3, 0.4) is 0 Å². The van der Waals surface area contributed by atoms with E-state index in [-0.39, 0.29) is 6.47 Å². The number of rotatable bonds is 1. The molecule has 0 aliphatic rings. The van der Waals surface area contributed by atoms with Gasteiger partial charge in [0.1, 0.15) is 0 Å². The Morgan fingerprint density at radius 3 is 2.27 bits per heavy atom. The molecule has 0 saturated carbocycles. The van der Waals surface area contributed by atoms with Crippen LogP contribution in [0.15, 0.2) is 49.0 Å². The maximum absolute atomic E-state index is 8.36. The Morgan fingerprint density at radius 2 is 1.67 bits per heavy atom. The molecule has 0 radical (unpaired) electrons. The van der Waals surface area contributed by atoms with Crippen LogP contribution in [0, 0.1) is 0 Å². The van der Waals surface area contributed by atoms with Gasteiger partial charge in [-0.25, -0.2) is 0 Å². The van der Waals surface area contributed by atoms with Crippen molar-refractivity contribution >= 4 is 23.3 Å². The Kier molecular flexibility index (Phi) is 4.10. The number of fused-ring (bicyclic) bond motifs is 1. The van der Waals surface area contributed by atoms with Crippen molar-refractivity contribution < 1.29 is 9.90 Å². The molecule has 2 nitrogen and oxygen atoms in total. The lowest BCUT2D eigenvalue weighted by atomic mass is 10.1. The smallest absolute Gasteiger partial charge is 0.290 e. The zero-order valence-electron chi connectivity index (χ0n) is 8.26. The maximum atomic E-state index is 8.36. The van der Waals surface area contributed by atoms with E-state index >= 15 is 0 Å². The molecule has 0 unspecified atom stereocenters. The standard InChI is InChI=1S/C12H10.CH2O2/c1-2-10-7-8-11-5-3-4-6-12(11)9-10;2-1-3/h2-9H,1H2;1H,(H,2,3). The van der Waals surface area contributed by atoms with Gasteiger partial charge in [-0.15, -0.1) is 0 Å². The van der Waals surface area contributed by atoms with Crippen LogP contribution in [0.1, 0.15) is 5.56 Å². The van der Waals surface area contributed by atoms with Gasteiger partial charge in [0.05, 0.1) is 0 Å². The van der Waals surface area contributed by atoms with Gasteiger partial charge in [0.2, 0.25) is 0 Å². The molecule has 0 spiro atoms. The summed E-state index contributed by atoms with van der Waals surface area (Å²) in [5.74, 6) is 0. The van der Waals surface area contributed by atoms with Gasteiger partial charge < -0.3 is 5.11 Å². The lowest BCUT2D eigenvalue weighted by Crippen LogP contribution is -1.73. The van der Waals surface area contributed by atoms with Crippen molar-refractivity contribution in [3.63, 3.8) is 0 Å². The van der Waals surface area contributed by atoms with Crippen molar-refractivity contribution in [1.29, 1.82) is 0 Å². The number of carboxylic acid groups (broad SMARTS) is 1. The molecule has 2 aromatic carbocycles. The molecule has 76 valence electrons. The van der Waals surface area contributed by atoms with Gasteiger partial charge in [-0.2, -0.15) is 0 Å². The summed E-state index contributed by atoms with van der Waals surface area (Å²) >= 11 is 0. The topological polar surface area (TPSA) is 37.3 Å². The number of carbonyl (C=O) groups is 1. The van der Waals surface area contributed by atoms with Crippen molar-refractivity contribution in [3.8, 4) is 0 Å². The SMILES string of the molecule is C=Cc1ccc2ccccc2c1.O=CO. The predicted octanol–water partition coefficient (Wildman–Crippen LogP) is 3.18. The Labute approximate surface area is 88.5 Å². The van der Waals surface area contributed by atoms with Gasteiger partial charge in [-0.1, -0.05) is 49.1 Å². The minimum atomic E-state index is -0.250. The molecule has 0 bridgehead atoms. The molecule has 0 saturated heterocycles. The van der Waals surface area contributed by atoms with Gasteiger partial charge in [-0.3, -0.25) is 4.79 Å². The number of benzene rings is 2. The first-order valence-electron chi connectivity index (χ1n) is 4.51. The van der Waals surface area contributed by atoms with Crippen molar-refractivity contribution in [1.82, 2.24) is 0 Å². The van der Waals surface area contributed by atoms with Gasteiger partial charge in [0.25, 0.3) is 6.47 Å². The van der Waals surface area contributed by atoms with E-state index in [9.17, 15) is 0 Å².